The lowest BCUT2D eigenvalue weighted by molar-refractivity contribution is -0.141. The van der Waals surface area contributed by atoms with E-state index in [9.17, 15) is 9.59 Å². The predicted molar refractivity (Wildman–Crippen MR) is 60.2 cm³/mol. The fourth-order valence-corrected chi connectivity index (χ4v) is 1.71. The van der Waals surface area contributed by atoms with Gasteiger partial charge in [0, 0.05) is 13.1 Å². The molecule has 1 aliphatic rings. The van der Waals surface area contributed by atoms with Crippen molar-refractivity contribution in [3.8, 4) is 0 Å². The Hall–Kier alpha value is -1.26. The van der Waals surface area contributed by atoms with Gasteiger partial charge in [-0.05, 0) is 18.3 Å². The number of carboxylic acids is 1. The maximum atomic E-state index is 11.8. The second-order valence-corrected chi connectivity index (χ2v) is 5.41. The van der Waals surface area contributed by atoms with Gasteiger partial charge in [-0.2, -0.15) is 0 Å². The number of hydrogen-bond acceptors (Lipinski definition) is 2. The first-order chi connectivity index (χ1) is 7.31. The Labute approximate surface area is 95.8 Å². The molecule has 2 amide bonds. The molecule has 0 aromatic carbocycles. The number of rotatable bonds is 2. The highest BCUT2D eigenvalue weighted by molar-refractivity contribution is 5.83. The fourth-order valence-electron chi connectivity index (χ4n) is 1.71. The first-order valence-corrected chi connectivity index (χ1v) is 5.58. The lowest BCUT2D eigenvalue weighted by Crippen LogP contribution is -2.47. The number of hydrogen-bond donors (Lipinski definition) is 2. The highest BCUT2D eigenvalue weighted by Gasteiger charge is 2.34. The van der Waals surface area contributed by atoms with Crippen LogP contribution < -0.4 is 5.32 Å². The van der Waals surface area contributed by atoms with E-state index in [-0.39, 0.29) is 11.4 Å². The van der Waals surface area contributed by atoms with Crippen LogP contribution in [0.1, 0.15) is 33.6 Å². The number of likely N-dealkylation sites (tertiary alicyclic amines) is 1. The lowest BCUT2D eigenvalue weighted by atomic mass is 9.97. The Kier molecular flexibility index (Phi) is 3.78. The summed E-state index contributed by atoms with van der Waals surface area (Å²) in [4.78, 5) is 24.1. The molecule has 1 saturated heterocycles. The average Bonchev–Trinajstić information content (AvgIpc) is 2.61. The van der Waals surface area contributed by atoms with E-state index in [1.807, 2.05) is 20.8 Å². The summed E-state index contributed by atoms with van der Waals surface area (Å²) < 4.78 is 0. The molecular formula is C11H20N2O3. The molecule has 0 spiro atoms. The average molecular weight is 228 g/mol. The van der Waals surface area contributed by atoms with Crippen LogP contribution in [0, 0.1) is 5.41 Å². The van der Waals surface area contributed by atoms with E-state index in [0.29, 0.717) is 19.5 Å². The molecule has 0 aliphatic carbocycles. The number of carboxylic acid groups (broad SMARTS) is 1. The van der Waals surface area contributed by atoms with Gasteiger partial charge < -0.3 is 15.3 Å². The molecule has 0 radical (unpaired) electrons. The third-order valence-corrected chi connectivity index (χ3v) is 2.57. The number of urea groups is 1. The molecule has 1 atom stereocenters. The molecule has 0 bridgehead atoms. The van der Waals surface area contributed by atoms with Gasteiger partial charge in [0.2, 0.25) is 0 Å². The largest absolute Gasteiger partial charge is 0.480 e. The van der Waals surface area contributed by atoms with Crippen molar-refractivity contribution in [3.05, 3.63) is 0 Å². The quantitative estimate of drug-likeness (QED) is 0.748. The minimum Gasteiger partial charge on any atom is -0.480 e. The number of nitrogens with zero attached hydrogens (tertiary/aromatic N) is 1. The zero-order valence-electron chi connectivity index (χ0n) is 10.1. The van der Waals surface area contributed by atoms with Gasteiger partial charge in [-0.25, -0.2) is 9.59 Å². The highest BCUT2D eigenvalue weighted by atomic mass is 16.4. The molecular weight excluding hydrogens is 208 g/mol. The second kappa shape index (κ2) is 4.72. The zero-order valence-corrected chi connectivity index (χ0v) is 10.1. The van der Waals surface area contributed by atoms with E-state index in [1.165, 1.54) is 4.90 Å². The van der Waals surface area contributed by atoms with Gasteiger partial charge in [-0.1, -0.05) is 20.8 Å². The van der Waals surface area contributed by atoms with Crippen molar-refractivity contribution in [1.82, 2.24) is 10.2 Å². The first-order valence-electron chi connectivity index (χ1n) is 5.58. The van der Waals surface area contributed by atoms with Crippen molar-refractivity contribution in [1.29, 1.82) is 0 Å². The normalized spacial score (nSPS) is 20.9. The molecule has 5 heteroatoms. The first kappa shape index (κ1) is 12.8. The van der Waals surface area contributed by atoms with E-state index in [2.05, 4.69) is 5.32 Å². The van der Waals surface area contributed by atoms with Crippen molar-refractivity contribution >= 4 is 12.0 Å². The van der Waals surface area contributed by atoms with Gasteiger partial charge in [-0.3, -0.25) is 0 Å². The molecule has 1 rings (SSSR count). The van der Waals surface area contributed by atoms with Gasteiger partial charge in [0.05, 0.1) is 0 Å². The van der Waals surface area contributed by atoms with Crippen molar-refractivity contribution in [2.24, 2.45) is 5.41 Å². The number of nitrogens with one attached hydrogen (secondary N) is 1. The van der Waals surface area contributed by atoms with Crippen LogP contribution >= 0.6 is 0 Å². The Morgan fingerprint density at radius 1 is 1.44 bits per heavy atom. The molecule has 1 heterocycles. The summed E-state index contributed by atoms with van der Waals surface area (Å²) in [5.41, 5.74) is 0.00804. The number of amides is 2. The van der Waals surface area contributed by atoms with Crippen LogP contribution in [0.25, 0.3) is 0 Å². The van der Waals surface area contributed by atoms with E-state index in [4.69, 9.17) is 5.11 Å². The Morgan fingerprint density at radius 3 is 2.56 bits per heavy atom. The maximum absolute atomic E-state index is 11.8. The van der Waals surface area contributed by atoms with E-state index in [0.717, 1.165) is 6.42 Å². The second-order valence-electron chi connectivity index (χ2n) is 5.41. The van der Waals surface area contributed by atoms with Crippen LogP contribution in [0.5, 0.6) is 0 Å². The van der Waals surface area contributed by atoms with Crippen LogP contribution in [0.15, 0.2) is 0 Å². The van der Waals surface area contributed by atoms with Crippen LogP contribution in [0.4, 0.5) is 4.79 Å². The molecule has 0 unspecified atom stereocenters. The Morgan fingerprint density at radius 2 is 2.06 bits per heavy atom. The Balaban J connectivity index is 2.50. The summed E-state index contributed by atoms with van der Waals surface area (Å²) in [6.45, 7) is 7.14. The summed E-state index contributed by atoms with van der Waals surface area (Å²) in [7, 11) is 0. The van der Waals surface area contributed by atoms with Crippen LogP contribution in [0.3, 0.4) is 0 Å². The van der Waals surface area contributed by atoms with E-state index < -0.39 is 12.0 Å². The monoisotopic (exact) mass is 228 g/mol. The highest BCUT2D eigenvalue weighted by Crippen LogP contribution is 2.18. The van der Waals surface area contributed by atoms with Crippen LogP contribution in [0.2, 0.25) is 0 Å². The molecule has 0 aromatic heterocycles. The summed E-state index contributed by atoms with van der Waals surface area (Å²) in [6, 6.07) is -0.917. The van der Waals surface area contributed by atoms with Gasteiger partial charge in [0.15, 0.2) is 0 Å². The molecule has 92 valence electrons. The molecule has 16 heavy (non-hydrogen) atoms. The number of carbonyl (C=O) groups is 2. The van der Waals surface area contributed by atoms with Crippen molar-refractivity contribution in [3.63, 3.8) is 0 Å². The van der Waals surface area contributed by atoms with Crippen molar-refractivity contribution < 1.29 is 14.7 Å². The molecule has 0 saturated carbocycles. The summed E-state index contributed by atoms with van der Waals surface area (Å²) in [5, 5.41) is 11.7. The van der Waals surface area contributed by atoms with Crippen LogP contribution in [-0.2, 0) is 4.79 Å². The summed E-state index contributed by atoms with van der Waals surface area (Å²) in [5.74, 6) is -0.914. The van der Waals surface area contributed by atoms with Gasteiger partial charge >= 0.3 is 12.0 Å². The summed E-state index contributed by atoms with van der Waals surface area (Å²) in [6.07, 6.45) is 1.32. The minimum atomic E-state index is -0.914. The molecule has 1 aliphatic heterocycles. The Bertz CT molecular complexity index is 283. The van der Waals surface area contributed by atoms with Gasteiger partial charge in [0.1, 0.15) is 6.04 Å². The van der Waals surface area contributed by atoms with Crippen molar-refractivity contribution in [2.75, 3.05) is 13.1 Å². The van der Waals surface area contributed by atoms with Crippen LogP contribution in [-0.4, -0.2) is 41.1 Å². The standard InChI is InChI=1S/C11H20N2O3/c1-11(2,3)7-12-10(16)13-6-4-5-8(13)9(14)15/h8H,4-7H2,1-3H3,(H,12,16)(H,14,15)/t8-/m0/s1. The van der Waals surface area contributed by atoms with Gasteiger partial charge in [0.25, 0.3) is 0 Å². The van der Waals surface area contributed by atoms with Crippen molar-refractivity contribution in [2.45, 2.75) is 39.7 Å². The maximum Gasteiger partial charge on any atom is 0.326 e. The zero-order chi connectivity index (χ0) is 12.3. The van der Waals surface area contributed by atoms with Gasteiger partial charge in [-0.15, -0.1) is 0 Å². The smallest absolute Gasteiger partial charge is 0.326 e. The third kappa shape index (κ3) is 3.40. The molecule has 5 nitrogen and oxygen atoms in total. The predicted octanol–water partition coefficient (Wildman–Crippen LogP) is 1.29. The fraction of sp³-hybridized carbons (Fsp3) is 0.818. The number of aliphatic carboxylic acids is 1. The third-order valence-electron chi connectivity index (χ3n) is 2.57. The topological polar surface area (TPSA) is 69.6 Å². The lowest BCUT2D eigenvalue weighted by Gasteiger charge is -2.25. The molecule has 0 aromatic rings. The molecule has 2 N–H and O–H groups in total. The van der Waals surface area contributed by atoms with E-state index >= 15 is 0 Å². The molecule has 1 fully saturated rings. The van der Waals surface area contributed by atoms with E-state index in [1.54, 1.807) is 0 Å². The minimum absolute atomic E-state index is 0.00804. The summed E-state index contributed by atoms with van der Waals surface area (Å²) >= 11 is 0. The number of carbonyl (C=O) groups excluding carboxylic acids is 1. The SMILES string of the molecule is CC(C)(C)CNC(=O)N1CCC[C@H]1C(=O)O.